The number of hydrogen-bond acceptors (Lipinski definition) is 4. The zero-order valence-corrected chi connectivity index (χ0v) is 18.0. The molecule has 0 aliphatic carbocycles. The van der Waals surface area contributed by atoms with Gasteiger partial charge in [0.05, 0.1) is 4.90 Å². The highest BCUT2D eigenvalue weighted by Crippen LogP contribution is 2.27. The van der Waals surface area contributed by atoms with Crippen LogP contribution in [0.1, 0.15) is 6.42 Å². The van der Waals surface area contributed by atoms with Crippen molar-refractivity contribution in [2.75, 3.05) is 31.9 Å². The van der Waals surface area contributed by atoms with E-state index in [4.69, 9.17) is 0 Å². The summed E-state index contributed by atoms with van der Waals surface area (Å²) >= 11 is 5.15. The van der Waals surface area contributed by atoms with Gasteiger partial charge in [0.15, 0.2) is 0 Å². The monoisotopic (exact) mass is 468 g/mol. The van der Waals surface area contributed by atoms with E-state index in [1.54, 1.807) is 47.0 Å². The van der Waals surface area contributed by atoms with E-state index in [-0.39, 0.29) is 5.91 Å². The Balaban J connectivity index is 1.49. The summed E-state index contributed by atoms with van der Waals surface area (Å²) in [7, 11) is -3.48. The lowest BCUT2D eigenvalue weighted by molar-refractivity contribution is -0.131. The molecule has 0 radical (unpaired) electrons. The lowest BCUT2D eigenvalue weighted by Gasteiger charge is -2.34. The maximum absolute atomic E-state index is 12.6. The van der Waals surface area contributed by atoms with Gasteiger partial charge in [-0.05, 0) is 40.2 Å². The van der Waals surface area contributed by atoms with E-state index in [0.29, 0.717) is 43.2 Å². The topological polar surface area (TPSA) is 57.7 Å². The quantitative estimate of drug-likeness (QED) is 0.609. The molecule has 1 aliphatic heterocycles. The van der Waals surface area contributed by atoms with Crippen LogP contribution in [0, 0.1) is 0 Å². The molecule has 1 amide bonds. The summed E-state index contributed by atoms with van der Waals surface area (Å²) in [6.45, 7) is 1.54. The first kappa shape index (κ1) is 20.4. The number of benzene rings is 2. The molecule has 0 N–H and O–H groups in total. The maximum Gasteiger partial charge on any atom is 0.243 e. The van der Waals surface area contributed by atoms with Crippen molar-refractivity contribution in [1.82, 2.24) is 9.21 Å². The summed E-state index contributed by atoms with van der Waals surface area (Å²) in [5.74, 6) is 0.774. The first-order valence-corrected chi connectivity index (χ1v) is 11.9. The number of rotatable bonds is 6. The van der Waals surface area contributed by atoms with Gasteiger partial charge in [0, 0.05) is 47.7 Å². The number of thioether (sulfide) groups is 1. The molecule has 1 fully saturated rings. The highest BCUT2D eigenvalue weighted by atomic mass is 79.9. The second-order valence-corrected chi connectivity index (χ2v) is 10.1. The van der Waals surface area contributed by atoms with E-state index in [2.05, 4.69) is 15.9 Å². The highest BCUT2D eigenvalue weighted by molar-refractivity contribution is 9.10. The Hall–Kier alpha value is -1.35. The molecule has 1 saturated heterocycles. The minimum absolute atomic E-state index is 0.0753. The molecule has 0 unspecified atom stereocenters. The zero-order chi connectivity index (χ0) is 19.3. The number of carbonyl (C=O) groups is 1. The van der Waals surface area contributed by atoms with E-state index < -0.39 is 10.0 Å². The molecule has 1 aliphatic rings. The molecule has 2 aromatic rings. The van der Waals surface area contributed by atoms with Gasteiger partial charge in [0.1, 0.15) is 0 Å². The molecular formula is C19H21BrN2O3S2. The molecular weight excluding hydrogens is 448 g/mol. The Labute approximate surface area is 172 Å². The summed E-state index contributed by atoms with van der Waals surface area (Å²) in [6, 6.07) is 16.4. The summed E-state index contributed by atoms with van der Waals surface area (Å²) in [4.78, 5) is 15.6. The fourth-order valence-electron chi connectivity index (χ4n) is 2.89. The molecule has 27 heavy (non-hydrogen) atoms. The largest absolute Gasteiger partial charge is 0.340 e. The van der Waals surface area contributed by atoms with Crippen molar-refractivity contribution < 1.29 is 13.2 Å². The molecule has 0 saturated carbocycles. The first-order chi connectivity index (χ1) is 13.0. The molecule has 0 bridgehead atoms. The van der Waals surface area contributed by atoms with Gasteiger partial charge in [-0.1, -0.05) is 30.3 Å². The number of sulfonamides is 1. The van der Waals surface area contributed by atoms with Crippen molar-refractivity contribution in [3.05, 3.63) is 59.1 Å². The van der Waals surface area contributed by atoms with Crippen LogP contribution in [0.3, 0.4) is 0 Å². The van der Waals surface area contributed by atoms with Crippen LogP contribution in [-0.4, -0.2) is 55.5 Å². The normalized spacial score (nSPS) is 15.7. The zero-order valence-electron chi connectivity index (χ0n) is 14.8. The van der Waals surface area contributed by atoms with Crippen molar-refractivity contribution in [2.45, 2.75) is 16.2 Å². The third kappa shape index (κ3) is 5.13. The fraction of sp³-hybridized carbons (Fsp3) is 0.316. The average Bonchev–Trinajstić information content (AvgIpc) is 2.70. The number of amides is 1. The highest BCUT2D eigenvalue weighted by Gasteiger charge is 2.29. The van der Waals surface area contributed by atoms with E-state index in [0.717, 1.165) is 9.37 Å². The minimum atomic E-state index is -3.48. The van der Waals surface area contributed by atoms with Gasteiger partial charge in [-0.25, -0.2) is 8.42 Å². The Morgan fingerprint density at radius 3 is 2.26 bits per heavy atom. The molecule has 8 heteroatoms. The van der Waals surface area contributed by atoms with Gasteiger partial charge < -0.3 is 4.90 Å². The van der Waals surface area contributed by atoms with Crippen molar-refractivity contribution >= 4 is 43.6 Å². The molecule has 5 nitrogen and oxygen atoms in total. The standard InChI is InChI=1S/C19H21BrN2O3S2/c20-17-8-4-5-9-18(17)26-15-10-19(23)21-11-13-22(14-12-21)27(24,25)16-6-2-1-3-7-16/h1-9H,10-15H2. The van der Waals surface area contributed by atoms with Crippen LogP contribution in [0.25, 0.3) is 0 Å². The van der Waals surface area contributed by atoms with E-state index in [1.807, 2.05) is 24.3 Å². The van der Waals surface area contributed by atoms with Crippen LogP contribution < -0.4 is 0 Å². The predicted molar refractivity (Wildman–Crippen MR) is 111 cm³/mol. The maximum atomic E-state index is 12.6. The van der Waals surface area contributed by atoms with Crippen LogP contribution in [0.15, 0.2) is 68.9 Å². The lowest BCUT2D eigenvalue weighted by atomic mass is 10.3. The summed E-state index contributed by atoms with van der Waals surface area (Å²) in [5.41, 5.74) is 0. The van der Waals surface area contributed by atoms with Gasteiger partial charge in [-0.15, -0.1) is 11.8 Å². The van der Waals surface area contributed by atoms with Crippen LogP contribution in [0.4, 0.5) is 0 Å². The van der Waals surface area contributed by atoms with E-state index in [9.17, 15) is 13.2 Å². The van der Waals surface area contributed by atoms with Crippen LogP contribution >= 0.6 is 27.7 Å². The number of nitrogens with zero attached hydrogens (tertiary/aromatic N) is 2. The molecule has 144 valence electrons. The Bertz CT molecular complexity index is 883. The predicted octanol–water partition coefficient (Wildman–Crippen LogP) is 3.46. The van der Waals surface area contributed by atoms with E-state index in [1.165, 1.54) is 4.31 Å². The van der Waals surface area contributed by atoms with Gasteiger partial charge in [-0.2, -0.15) is 4.31 Å². The molecule has 0 spiro atoms. The SMILES string of the molecule is O=C(CCSc1ccccc1Br)N1CCN(S(=O)(=O)c2ccccc2)CC1. The number of piperazine rings is 1. The van der Waals surface area contributed by atoms with Crippen LogP contribution in [-0.2, 0) is 14.8 Å². The third-order valence-electron chi connectivity index (χ3n) is 4.38. The average molecular weight is 469 g/mol. The molecule has 2 aromatic carbocycles. The summed E-state index contributed by atoms with van der Waals surface area (Å²) in [6.07, 6.45) is 0.442. The van der Waals surface area contributed by atoms with Crippen LogP contribution in [0.2, 0.25) is 0 Å². The molecule has 0 atom stereocenters. The molecule has 1 heterocycles. The smallest absolute Gasteiger partial charge is 0.243 e. The number of halogens is 1. The van der Waals surface area contributed by atoms with Crippen molar-refractivity contribution in [2.24, 2.45) is 0 Å². The van der Waals surface area contributed by atoms with E-state index >= 15 is 0 Å². The van der Waals surface area contributed by atoms with Crippen molar-refractivity contribution in [3.8, 4) is 0 Å². The summed E-state index contributed by atoms with van der Waals surface area (Å²) < 4.78 is 27.8. The Morgan fingerprint density at radius 1 is 0.963 bits per heavy atom. The second-order valence-electron chi connectivity index (χ2n) is 6.13. The van der Waals surface area contributed by atoms with Crippen LogP contribution in [0.5, 0.6) is 0 Å². The fourth-order valence-corrected chi connectivity index (χ4v) is 5.84. The Kier molecular flexibility index (Phi) is 6.97. The van der Waals surface area contributed by atoms with Gasteiger partial charge in [-0.3, -0.25) is 4.79 Å². The lowest BCUT2D eigenvalue weighted by Crippen LogP contribution is -2.50. The van der Waals surface area contributed by atoms with Crippen molar-refractivity contribution in [3.63, 3.8) is 0 Å². The second kappa shape index (κ2) is 9.23. The number of carbonyl (C=O) groups excluding carboxylic acids is 1. The Morgan fingerprint density at radius 2 is 1.59 bits per heavy atom. The van der Waals surface area contributed by atoms with Gasteiger partial charge in [0.25, 0.3) is 0 Å². The summed E-state index contributed by atoms with van der Waals surface area (Å²) in [5, 5.41) is 0. The molecule has 3 rings (SSSR count). The molecule has 0 aromatic heterocycles. The van der Waals surface area contributed by atoms with Gasteiger partial charge >= 0.3 is 0 Å². The first-order valence-electron chi connectivity index (χ1n) is 8.69. The van der Waals surface area contributed by atoms with Crippen molar-refractivity contribution in [1.29, 1.82) is 0 Å². The number of hydrogen-bond donors (Lipinski definition) is 0. The minimum Gasteiger partial charge on any atom is -0.340 e. The third-order valence-corrected chi connectivity index (χ3v) is 8.32. The van der Waals surface area contributed by atoms with Gasteiger partial charge in [0.2, 0.25) is 15.9 Å².